The quantitative estimate of drug-likeness (QED) is 0.227. The minimum absolute atomic E-state index is 0.135. The summed E-state index contributed by atoms with van der Waals surface area (Å²) in [7, 11) is 0. The molecule has 4 aromatic rings. The van der Waals surface area contributed by atoms with E-state index >= 15 is 0 Å². The number of phenolic OH excluding ortho intramolecular Hbond substituents is 1. The molecule has 1 N–H and O–H groups in total. The molecule has 0 radical (unpaired) electrons. The number of aromatic nitrogens is 3. The largest absolute Gasteiger partial charge is 0.507 e. The molecule has 4 rings (SSSR count). The van der Waals surface area contributed by atoms with Gasteiger partial charge in [0, 0.05) is 28.3 Å². The van der Waals surface area contributed by atoms with Gasteiger partial charge in [-0.25, -0.2) is 19.7 Å². The van der Waals surface area contributed by atoms with E-state index in [-0.39, 0.29) is 17.3 Å². The van der Waals surface area contributed by atoms with Gasteiger partial charge in [-0.3, -0.25) is 0 Å². The van der Waals surface area contributed by atoms with E-state index in [9.17, 15) is 9.90 Å². The Kier molecular flexibility index (Phi) is 6.20. The Labute approximate surface area is 196 Å². The van der Waals surface area contributed by atoms with Crippen LogP contribution in [0.25, 0.3) is 34.2 Å². The Bertz CT molecular complexity index is 1370. The summed E-state index contributed by atoms with van der Waals surface area (Å²) in [4.78, 5) is 25.4. The molecule has 0 aliphatic heterocycles. The molecule has 0 saturated carbocycles. The van der Waals surface area contributed by atoms with Gasteiger partial charge in [0.25, 0.3) is 0 Å². The first kappa shape index (κ1) is 22.2. The summed E-state index contributed by atoms with van der Waals surface area (Å²) < 4.78 is 5.08. The highest BCUT2D eigenvalue weighted by Crippen LogP contribution is 2.33. The average Bonchev–Trinajstić information content (AvgIpc) is 2.79. The Balaban J connectivity index is 1.87. The third-order valence-electron chi connectivity index (χ3n) is 4.96. The van der Waals surface area contributed by atoms with Crippen molar-refractivity contribution in [1.29, 1.82) is 0 Å². The molecule has 6 nitrogen and oxygen atoms in total. The summed E-state index contributed by atoms with van der Waals surface area (Å²) in [6.45, 7) is 7.38. The topological polar surface area (TPSA) is 85.2 Å². The number of hydrogen-bond donors (Lipinski definition) is 1. The maximum atomic E-state index is 11.5. The fourth-order valence-electron chi connectivity index (χ4n) is 3.33. The van der Waals surface area contributed by atoms with Crippen molar-refractivity contribution in [2.45, 2.75) is 13.8 Å². The zero-order valence-corrected chi connectivity index (χ0v) is 18.8. The Morgan fingerprint density at radius 3 is 2.18 bits per heavy atom. The monoisotopic (exact) mass is 457 g/mol. The van der Waals surface area contributed by atoms with Crippen LogP contribution in [0.3, 0.4) is 0 Å². The molecule has 0 atom stereocenters. The highest BCUT2D eigenvalue weighted by atomic mass is 35.5. The van der Waals surface area contributed by atoms with E-state index in [4.69, 9.17) is 16.3 Å². The van der Waals surface area contributed by atoms with Gasteiger partial charge in [0.15, 0.2) is 17.5 Å². The number of rotatable bonds is 5. The van der Waals surface area contributed by atoms with Crippen molar-refractivity contribution >= 4 is 17.6 Å². The van der Waals surface area contributed by atoms with Crippen molar-refractivity contribution < 1.29 is 14.6 Å². The number of aryl methyl sites for hydroxylation is 2. The van der Waals surface area contributed by atoms with Crippen LogP contribution in [0.4, 0.5) is 0 Å². The first-order valence-corrected chi connectivity index (χ1v) is 10.5. The summed E-state index contributed by atoms with van der Waals surface area (Å²) in [5.41, 5.74) is 4.13. The van der Waals surface area contributed by atoms with E-state index < -0.39 is 5.97 Å². The molecule has 7 heteroatoms. The summed E-state index contributed by atoms with van der Waals surface area (Å²) in [6.07, 6.45) is 1.05. The van der Waals surface area contributed by atoms with Crippen LogP contribution in [0.2, 0.25) is 5.02 Å². The van der Waals surface area contributed by atoms with Crippen molar-refractivity contribution in [2.75, 3.05) is 0 Å². The first-order chi connectivity index (χ1) is 15.8. The molecule has 0 fully saturated rings. The van der Waals surface area contributed by atoms with Crippen molar-refractivity contribution in [3.05, 3.63) is 89.5 Å². The predicted octanol–water partition coefficient (Wildman–Crippen LogP) is 5.94. The summed E-state index contributed by atoms with van der Waals surface area (Å²) >= 11 is 6.04. The van der Waals surface area contributed by atoms with E-state index in [1.54, 1.807) is 24.3 Å². The lowest BCUT2D eigenvalue weighted by Crippen LogP contribution is -2.03. The van der Waals surface area contributed by atoms with Crippen LogP contribution in [0, 0.1) is 13.8 Å². The molecular formula is C26H20ClN3O3. The highest BCUT2D eigenvalue weighted by Gasteiger charge is 2.16. The molecule has 33 heavy (non-hydrogen) atoms. The molecule has 0 bridgehead atoms. The van der Waals surface area contributed by atoms with E-state index in [0.717, 1.165) is 28.3 Å². The molecule has 0 aliphatic rings. The van der Waals surface area contributed by atoms with Crippen LogP contribution in [0.15, 0.2) is 73.3 Å². The number of aromatic hydroxyl groups is 1. The molecule has 0 amide bonds. The predicted molar refractivity (Wildman–Crippen MR) is 128 cm³/mol. The molecular weight excluding hydrogens is 438 g/mol. The lowest BCUT2D eigenvalue weighted by atomic mass is 10.0. The number of phenols is 1. The zero-order valence-electron chi connectivity index (χ0n) is 18.0. The molecule has 0 unspecified atom stereocenters. The third kappa shape index (κ3) is 4.91. The summed E-state index contributed by atoms with van der Waals surface area (Å²) in [5, 5.41) is 11.2. The maximum Gasteiger partial charge on any atom is 0.335 e. The van der Waals surface area contributed by atoms with Crippen molar-refractivity contribution in [3.8, 4) is 45.7 Å². The van der Waals surface area contributed by atoms with Crippen LogP contribution >= 0.6 is 11.6 Å². The van der Waals surface area contributed by atoms with E-state index in [2.05, 4.69) is 27.6 Å². The van der Waals surface area contributed by atoms with Gasteiger partial charge in [0.05, 0.1) is 5.56 Å². The molecule has 3 aromatic carbocycles. The van der Waals surface area contributed by atoms with Crippen molar-refractivity contribution in [3.63, 3.8) is 0 Å². The van der Waals surface area contributed by atoms with Gasteiger partial charge < -0.3 is 9.84 Å². The molecule has 1 heterocycles. The van der Waals surface area contributed by atoms with Crippen molar-refractivity contribution in [1.82, 2.24) is 15.0 Å². The normalized spacial score (nSPS) is 10.6. The summed E-state index contributed by atoms with van der Waals surface area (Å²) in [6, 6.07) is 17.7. The van der Waals surface area contributed by atoms with Gasteiger partial charge in [-0.05, 0) is 55.8 Å². The Morgan fingerprint density at radius 2 is 1.55 bits per heavy atom. The number of carbonyl (C=O) groups is 1. The van der Waals surface area contributed by atoms with Crippen LogP contribution < -0.4 is 4.74 Å². The first-order valence-electron chi connectivity index (χ1n) is 10.1. The third-order valence-corrected chi connectivity index (χ3v) is 5.21. The average molecular weight is 458 g/mol. The van der Waals surface area contributed by atoms with Gasteiger partial charge in [-0.2, -0.15) is 0 Å². The summed E-state index contributed by atoms with van der Waals surface area (Å²) in [5.74, 6) is 0.623. The van der Waals surface area contributed by atoms with Crippen LogP contribution in [-0.2, 0) is 4.79 Å². The maximum absolute atomic E-state index is 11.5. The lowest BCUT2D eigenvalue weighted by Gasteiger charge is -2.12. The number of nitrogens with zero attached hydrogens (tertiary/aromatic N) is 3. The fraction of sp³-hybridized carbons (Fsp3) is 0.0769. The molecule has 0 spiro atoms. The number of halogens is 1. The molecule has 1 aromatic heterocycles. The Morgan fingerprint density at radius 1 is 0.909 bits per heavy atom. The minimum Gasteiger partial charge on any atom is -0.507 e. The minimum atomic E-state index is -0.621. The van der Waals surface area contributed by atoms with Crippen LogP contribution in [0.5, 0.6) is 11.5 Å². The second kappa shape index (κ2) is 9.22. The van der Waals surface area contributed by atoms with E-state index in [0.29, 0.717) is 22.2 Å². The van der Waals surface area contributed by atoms with Gasteiger partial charge in [0.1, 0.15) is 11.5 Å². The number of hydrogen-bond acceptors (Lipinski definition) is 6. The van der Waals surface area contributed by atoms with Crippen molar-refractivity contribution in [2.24, 2.45) is 0 Å². The fourth-order valence-corrected chi connectivity index (χ4v) is 3.46. The zero-order chi connectivity index (χ0) is 23.5. The number of carbonyl (C=O) groups excluding carboxylic acids is 1. The van der Waals surface area contributed by atoms with Crippen LogP contribution in [-0.4, -0.2) is 26.0 Å². The van der Waals surface area contributed by atoms with E-state index in [1.165, 1.54) is 6.07 Å². The smallest absolute Gasteiger partial charge is 0.335 e. The number of esters is 1. The second-order valence-electron chi connectivity index (χ2n) is 7.44. The molecule has 0 saturated heterocycles. The molecule has 0 aliphatic carbocycles. The van der Waals surface area contributed by atoms with E-state index in [1.807, 2.05) is 38.1 Å². The number of benzene rings is 3. The lowest BCUT2D eigenvalue weighted by molar-refractivity contribution is -0.128. The SMILES string of the molecule is C=CC(=O)Oc1ccc(-c2nc(-c3ccc(Cl)cc3)nc(-c3ccc(C)cc3C)n2)c(O)c1. The standard InChI is InChI=1S/C26H20ClN3O3/c1-4-23(32)33-19-10-12-21(22(31)14-19)26-29-24(17-6-8-18(27)9-7-17)28-25(30-26)20-11-5-15(2)13-16(20)3/h4-14,31H,1H2,2-3H3. The second-order valence-corrected chi connectivity index (χ2v) is 7.87. The number of ether oxygens (including phenoxy) is 1. The van der Waals surface area contributed by atoms with Gasteiger partial charge in [-0.15, -0.1) is 0 Å². The van der Waals surface area contributed by atoms with Crippen LogP contribution in [0.1, 0.15) is 11.1 Å². The highest BCUT2D eigenvalue weighted by molar-refractivity contribution is 6.30. The van der Waals surface area contributed by atoms with Gasteiger partial charge in [0.2, 0.25) is 0 Å². The van der Waals surface area contributed by atoms with Gasteiger partial charge in [-0.1, -0.05) is 41.9 Å². The molecule has 164 valence electrons. The van der Waals surface area contributed by atoms with Gasteiger partial charge >= 0.3 is 5.97 Å². The Hall–Kier alpha value is -4.03.